The molecule has 6 nitrogen and oxygen atoms in total. The summed E-state index contributed by atoms with van der Waals surface area (Å²) in [4.78, 5) is 32.1. The molecule has 0 bridgehead atoms. The van der Waals surface area contributed by atoms with Gasteiger partial charge in [-0.25, -0.2) is 4.98 Å². The van der Waals surface area contributed by atoms with Crippen molar-refractivity contribution in [2.75, 3.05) is 32.1 Å². The van der Waals surface area contributed by atoms with Crippen LogP contribution in [-0.4, -0.2) is 48.5 Å². The average Bonchev–Trinajstić information content (AvgIpc) is 3.13. The molecule has 2 heterocycles. The second-order valence-electron chi connectivity index (χ2n) is 4.91. The van der Waals surface area contributed by atoms with Crippen molar-refractivity contribution in [1.29, 1.82) is 0 Å². The lowest BCUT2D eigenvalue weighted by molar-refractivity contribution is -0.117. The molecule has 0 aliphatic heterocycles. The van der Waals surface area contributed by atoms with E-state index in [9.17, 15) is 9.59 Å². The number of methoxy groups -OCH3 is 1. The summed E-state index contributed by atoms with van der Waals surface area (Å²) in [5, 5.41) is 5.14. The van der Waals surface area contributed by atoms with Crippen LogP contribution in [-0.2, 0) is 9.53 Å². The maximum atomic E-state index is 12.4. The summed E-state index contributed by atoms with van der Waals surface area (Å²) in [6, 6.07) is 3.56. The number of aryl methyl sites for hydroxylation is 2. The Hall–Kier alpha value is -1.77. The molecule has 2 rings (SSSR count). The highest BCUT2D eigenvalue weighted by Crippen LogP contribution is 2.21. The van der Waals surface area contributed by atoms with Gasteiger partial charge in [-0.1, -0.05) is 6.07 Å². The lowest BCUT2D eigenvalue weighted by atomic mass is 10.3. The molecule has 0 aliphatic carbocycles. The van der Waals surface area contributed by atoms with Crippen LogP contribution in [0.15, 0.2) is 17.5 Å². The van der Waals surface area contributed by atoms with Crippen LogP contribution >= 0.6 is 22.7 Å². The van der Waals surface area contributed by atoms with Gasteiger partial charge in [0.15, 0.2) is 5.13 Å². The van der Waals surface area contributed by atoms with Gasteiger partial charge >= 0.3 is 0 Å². The maximum Gasteiger partial charge on any atom is 0.264 e. The van der Waals surface area contributed by atoms with Crippen LogP contribution in [0.25, 0.3) is 0 Å². The number of rotatable bonds is 7. The molecule has 124 valence electrons. The SMILES string of the molecule is COCCN(CC(=O)Nc1nc(C)c(C)s1)C(=O)c1cccs1. The lowest BCUT2D eigenvalue weighted by Gasteiger charge is -2.20. The fraction of sp³-hybridized carbons (Fsp3) is 0.400. The highest BCUT2D eigenvalue weighted by atomic mass is 32.1. The molecular formula is C15H19N3O3S2. The molecule has 23 heavy (non-hydrogen) atoms. The third kappa shape index (κ3) is 4.85. The highest BCUT2D eigenvalue weighted by molar-refractivity contribution is 7.15. The van der Waals surface area contributed by atoms with Gasteiger partial charge in [0.05, 0.1) is 17.2 Å². The fourth-order valence-electron chi connectivity index (χ4n) is 1.87. The van der Waals surface area contributed by atoms with Crippen LogP contribution in [0.5, 0.6) is 0 Å². The van der Waals surface area contributed by atoms with Crippen LogP contribution in [0.1, 0.15) is 20.2 Å². The number of hydrogen-bond donors (Lipinski definition) is 1. The first-order valence-corrected chi connectivity index (χ1v) is 8.76. The third-order valence-electron chi connectivity index (χ3n) is 3.19. The number of carbonyl (C=O) groups excluding carboxylic acids is 2. The Morgan fingerprint density at radius 2 is 2.17 bits per heavy atom. The van der Waals surface area contributed by atoms with E-state index in [4.69, 9.17) is 4.74 Å². The number of aromatic nitrogens is 1. The molecule has 0 radical (unpaired) electrons. The minimum Gasteiger partial charge on any atom is -0.383 e. The Labute approximate surface area is 143 Å². The molecule has 2 aromatic rings. The topological polar surface area (TPSA) is 71.5 Å². The predicted molar refractivity (Wildman–Crippen MR) is 92.3 cm³/mol. The molecule has 1 N–H and O–H groups in total. The smallest absolute Gasteiger partial charge is 0.264 e. The molecule has 0 aromatic carbocycles. The van der Waals surface area contributed by atoms with Gasteiger partial charge in [-0.2, -0.15) is 0 Å². The Morgan fingerprint density at radius 3 is 2.74 bits per heavy atom. The monoisotopic (exact) mass is 353 g/mol. The van der Waals surface area contributed by atoms with Crippen LogP contribution in [0, 0.1) is 13.8 Å². The van der Waals surface area contributed by atoms with E-state index in [0.717, 1.165) is 10.6 Å². The summed E-state index contributed by atoms with van der Waals surface area (Å²) in [5.74, 6) is -0.432. The first-order chi connectivity index (χ1) is 11.0. The zero-order valence-electron chi connectivity index (χ0n) is 13.3. The average molecular weight is 353 g/mol. The molecule has 8 heteroatoms. The number of carbonyl (C=O) groups is 2. The Morgan fingerprint density at radius 1 is 1.39 bits per heavy atom. The van der Waals surface area contributed by atoms with E-state index in [-0.39, 0.29) is 18.4 Å². The van der Waals surface area contributed by atoms with E-state index >= 15 is 0 Å². The van der Waals surface area contributed by atoms with Crippen LogP contribution in [0.4, 0.5) is 5.13 Å². The number of nitrogens with zero attached hydrogens (tertiary/aromatic N) is 2. The van der Waals surface area contributed by atoms with Crippen molar-refractivity contribution in [1.82, 2.24) is 9.88 Å². The van der Waals surface area contributed by atoms with Gasteiger partial charge in [0, 0.05) is 18.5 Å². The van der Waals surface area contributed by atoms with Gasteiger partial charge in [0.1, 0.15) is 6.54 Å². The lowest BCUT2D eigenvalue weighted by Crippen LogP contribution is -2.39. The van der Waals surface area contributed by atoms with Crippen molar-refractivity contribution in [3.63, 3.8) is 0 Å². The summed E-state index contributed by atoms with van der Waals surface area (Å²) < 4.78 is 5.03. The zero-order valence-corrected chi connectivity index (χ0v) is 14.9. The first-order valence-electron chi connectivity index (χ1n) is 7.07. The first kappa shape index (κ1) is 17.6. The normalized spacial score (nSPS) is 10.6. The van der Waals surface area contributed by atoms with Gasteiger partial charge in [0.25, 0.3) is 5.91 Å². The van der Waals surface area contributed by atoms with Crippen molar-refractivity contribution in [2.45, 2.75) is 13.8 Å². The maximum absolute atomic E-state index is 12.4. The third-order valence-corrected chi connectivity index (χ3v) is 5.04. The molecule has 0 atom stereocenters. The Bertz CT molecular complexity index is 648. The minimum absolute atomic E-state index is 0.0300. The molecular weight excluding hydrogens is 334 g/mol. The largest absolute Gasteiger partial charge is 0.383 e. The summed E-state index contributed by atoms with van der Waals surface area (Å²) in [6.45, 7) is 4.55. The van der Waals surface area contributed by atoms with Crippen LogP contribution in [0.2, 0.25) is 0 Å². The number of nitrogens with one attached hydrogen (secondary N) is 1. The van der Waals surface area contributed by atoms with E-state index in [2.05, 4.69) is 10.3 Å². The second-order valence-corrected chi connectivity index (χ2v) is 7.06. The summed E-state index contributed by atoms with van der Waals surface area (Å²) in [6.07, 6.45) is 0. The molecule has 2 amide bonds. The van der Waals surface area contributed by atoms with Gasteiger partial charge in [-0.05, 0) is 25.3 Å². The molecule has 0 unspecified atom stereocenters. The van der Waals surface area contributed by atoms with Gasteiger partial charge < -0.3 is 15.0 Å². The number of ether oxygens (including phenoxy) is 1. The Kier molecular flexibility index (Phi) is 6.26. The number of anilines is 1. The summed E-state index contributed by atoms with van der Waals surface area (Å²) >= 11 is 2.78. The molecule has 0 aliphatic rings. The van der Waals surface area contributed by atoms with Crippen molar-refractivity contribution < 1.29 is 14.3 Å². The molecule has 2 aromatic heterocycles. The van der Waals surface area contributed by atoms with Crippen molar-refractivity contribution in [2.24, 2.45) is 0 Å². The predicted octanol–water partition coefficient (Wildman–Crippen LogP) is 2.55. The highest BCUT2D eigenvalue weighted by Gasteiger charge is 2.20. The summed E-state index contributed by atoms with van der Waals surface area (Å²) in [5.41, 5.74) is 0.899. The number of hydrogen-bond acceptors (Lipinski definition) is 6. The van der Waals surface area contributed by atoms with E-state index in [1.165, 1.54) is 27.6 Å². The van der Waals surface area contributed by atoms with E-state index < -0.39 is 0 Å². The van der Waals surface area contributed by atoms with Crippen LogP contribution < -0.4 is 5.32 Å². The zero-order chi connectivity index (χ0) is 16.8. The number of amides is 2. The van der Waals surface area contributed by atoms with Crippen molar-refractivity contribution >= 4 is 39.6 Å². The quantitative estimate of drug-likeness (QED) is 0.830. The Balaban J connectivity index is 2.01. The molecule has 0 saturated carbocycles. The number of thiazole rings is 1. The summed E-state index contributed by atoms with van der Waals surface area (Å²) in [7, 11) is 1.56. The van der Waals surface area contributed by atoms with Crippen LogP contribution in [0.3, 0.4) is 0 Å². The fourth-order valence-corrected chi connectivity index (χ4v) is 3.39. The van der Waals surface area contributed by atoms with Crippen molar-refractivity contribution in [3.8, 4) is 0 Å². The van der Waals surface area contributed by atoms with Gasteiger partial charge in [-0.15, -0.1) is 22.7 Å². The van der Waals surface area contributed by atoms with Gasteiger partial charge in [0.2, 0.25) is 5.91 Å². The van der Waals surface area contributed by atoms with E-state index in [0.29, 0.717) is 23.2 Å². The molecule has 0 saturated heterocycles. The molecule has 0 spiro atoms. The minimum atomic E-state index is -0.264. The van der Waals surface area contributed by atoms with Gasteiger partial charge in [-0.3, -0.25) is 9.59 Å². The standard InChI is InChI=1S/C15H19N3O3S2/c1-10-11(2)23-15(16-10)17-13(19)9-18(6-7-21-3)14(20)12-5-4-8-22-12/h4-5,8H,6-7,9H2,1-3H3,(H,16,17,19). The second kappa shape index (κ2) is 8.19. The van der Waals surface area contributed by atoms with Crippen molar-refractivity contribution in [3.05, 3.63) is 33.0 Å². The van der Waals surface area contributed by atoms with E-state index in [1.54, 1.807) is 13.2 Å². The molecule has 0 fully saturated rings. The number of thiophene rings is 1. The van der Waals surface area contributed by atoms with E-state index in [1.807, 2.05) is 25.3 Å².